The lowest BCUT2D eigenvalue weighted by atomic mass is 9.76. The zero-order valence-corrected chi connectivity index (χ0v) is 16.7. The zero-order valence-electron chi connectivity index (χ0n) is 15.9. The van der Waals surface area contributed by atoms with Crippen LogP contribution in [-0.4, -0.2) is 23.3 Å². The third-order valence-corrected chi connectivity index (χ3v) is 6.22. The first-order chi connectivity index (χ1) is 14.5. The lowest BCUT2D eigenvalue weighted by Gasteiger charge is -2.45. The molecule has 4 nitrogen and oxygen atoms in total. The van der Waals surface area contributed by atoms with Gasteiger partial charge < -0.3 is 10.2 Å². The monoisotopic (exact) mass is 420 g/mol. The largest absolute Gasteiger partial charge is 0.330 e. The number of anilines is 1. The van der Waals surface area contributed by atoms with Gasteiger partial charge in [-0.3, -0.25) is 9.59 Å². The SMILES string of the molecule is O=C(Nc1ccc(F)cc1Cl)[C@@H]1c2ccccc2C(=O)N2CCc3ccccc3[C@@H]12. The Labute approximate surface area is 178 Å². The minimum absolute atomic E-state index is 0.0611. The number of halogens is 2. The van der Waals surface area contributed by atoms with E-state index in [0.29, 0.717) is 23.4 Å². The van der Waals surface area contributed by atoms with Gasteiger partial charge >= 0.3 is 0 Å². The molecule has 0 saturated carbocycles. The van der Waals surface area contributed by atoms with Gasteiger partial charge in [0.15, 0.2) is 0 Å². The van der Waals surface area contributed by atoms with Gasteiger partial charge in [-0.1, -0.05) is 54.1 Å². The first kappa shape index (κ1) is 18.8. The van der Waals surface area contributed by atoms with Crippen LogP contribution in [0.1, 0.15) is 39.0 Å². The van der Waals surface area contributed by atoms with Gasteiger partial charge in [0.05, 0.1) is 22.7 Å². The van der Waals surface area contributed by atoms with Gasteiger partial charge in [-0.15, -0.1) is 0 Å². The van der Waals surface area contributed by atoms with E-state index >= 15 is 0 Å². The summed E-state index contributed by atoms with van der Waals surface area (Å²) in [6.45, 7) is 0.552. The molecule has 3 aromatic carbocycles. The number of carbonyl (C=O) groups is 2. The van der Waals surface area contributed by atoms with Gasteiger partial charge in [-0.2, -0.15) is 0 Å². The molecule has 0 aliphatic carbocycles. The van der Waals surface area contributed by atoms with E-state index in [1.807, 2.05) is 36.4 Å². The maximum absolute atomic E-state index is 13.5. The van der Waals surface area contributed by atoms with Crippen LogP contribution in [0.25, 0.3) is 0 Å². The van der Waals surface area contributed by atoms with Crippen LogP contribution in [0.5, 0.6) is 0 Å². The Kier molecular flexibility index (Phi) is 4.55. The van der Waals surface area contributed by atoms with Gasteiger partial charge in [0.25, 0.3) is 5.91 Å². The van der Waals surface area contributed by atoms with Crippen molar-refractivity contribution < 1.29 is 14.0 Å². The van der Waals surface area contributed by atoms with Crippen molar-refractivity contribution in [3.63, 3.8) is 0 Å². The highest BCUT2D eigenvalue weighted by Crippen LogP contribution is 2.46. The van der Waals surface area contributed by atoms with E-state index in [1.165, 1.54) is 12.1 Å². The Balaban J connectivity index is 1.63. The van der Waals surface area contributed by atoms with Crippen molar-refractivity contribution in [2.24, 2.45) is 0 Å². The molecular weight excluding hydrogens is 403 g/mol. The molecule has 2 aliphatic heterocycles. The first-order valence-electron chi connectivity index (χ1n) is 9.78. The average Bonchev–Trinajstić information content (AvgIpc) is 2.76. The molecular formula is C24H18ClFN2O2. The highest BCUT2D eigenvalue weighted by Gasteiger charge is 2.46. The van der Waals surface area contributed by atoms with E-state index in [0.717, 1.165) is 23.6 Å². The van der Waals surface area contributed by atoms with E-state index < -0.39 is 17.8 Å². The van der Waals surface area contributed by atoms with E-state index in [2.05, 4.69) is 5.32 Å². The molecule has 0 radical (unpaired) electrons. The summed E-state index contributed by atoms with van der Waals surface area (Å²) in [6, 6.07) is 18.6. The molecule has 0 unspecified atom stereocenters. The Hall–Kier alpha value is -3.18. The van der Waals surface area contributed by atoms with Crippen LogP contribution >= 0.6 is 11.6 Å². The van der Waals surface area contributed by atoms with Crippen molar-refractivity contribution in [2.75, 3.05) is 11.9 Å². The molecule has 150 valence electrons. The van der Waals surface area contributed by atoms with Crippen molar-refractivity contribution in [1.82, 2.24) is 4.90 Å². The number of rotatable bonds is 2. The molecule has 0 spiro atoms. The summed E-state index contributed by atoms with van der Waals surface area (Å²) in [6.07, 6.45) is 0.749. The molecule has 30 heavy (non-hydrogen) atoms. The number of hydrogen-bond acceptors (Lipinski definition) is 2. The first-order valence-corrected chi connectivity index (χ1v) is 10.2. The van der Waals surface area contributed by atoms with Gasteiger partial charge in [0, 0.05) is 12.1 Å². The highest BCUT2D eigenvalue weighted by molar-refractivity contribution is 6.33. The molecule has 2 atom stereocenters. The molecule has 0 fully saturated rings. The molecule has 2 amide bonds. The van der Waals surface area contributed by atoms with Crippen LogP contribution in [0, 0.1) is 5.82 Å². The molecule has 0 saturated heterocycles. The minimum Gasteiger partial charge on any atom is -0.330 e. The smallest absolute Gasteiger partial charge is 0.254 e. The van der Waals surface area contributed by atoms with Crippen molar-refractivity contribution in [1.29, 1.82) is 0 Å². The van der Waals surface area contributed by atoms with Crippen LogP contribution in [0.3, 0.4) is 0 Å². The number of amides is 2. The van der Waals surface area contributed by atoms with Crippen LogP contribution in [0.2, 0.25) is 5.02 Å². The van der Waals surface area contributed by atoms with Crippen LogP contribution in [-0.2, 0) is 11.2 Å². The molecule has 5 rings (SSSR count). The maximum atomic E-state index is 13.5. The fraction of sp³-hybridized carbons (Fsp3) is 0.167. The Bertz CT molecular complexity index is 1180. The Morgan fingerprint density at radius 3 is 2.57 bits per heavy atom. The van der Waals surface area contributed by atoms with Crippen molar-refractivity contribution in [3.8, 4) is 0 Å². The van der Waals surface area contributed by atoms with Crippen LogP contribution in [0.4, 0.5) is 10.1 Å². The van der Waals surface area contributed by atoms with Crippen LogP contribution in [0.15, 0.2) is 66.7 Å². The number of fused-ring (bicyclic) bond motifs is 4. The van der Waals surface area contributed by atoms with Gasteiger partial charge in [0.1, 0.15) is 5.82 Å². The highest BCUT2D eigenvalue weighted by atomic mass is 35.5. The summed E-state index contributed by atoms with van der Waals surface area (Å²) in [5.41, 5.74) is 3.70. The summed E-state index contributed by atoms with van der Waals surface area (Å²) in [7, 11) is 0. The quantitative estimate of drug-likeness (QED) is 0.637. The number of hydrogen-bond donors (Lipinski definition) is 1. The predicted octanol–water partition coefficient (Wildman–Crippen LogP) is 4.95. The summed E-state index contributed by atoms with van der Waals surface area (Å²) in [5, 5.41) is 2.98. The predicted molar refractivity (Wildman–Crippen MR) is 113 cm³/mol. The second-order valence-electron chi connectivity index (χ2n) is 7.57. The van der Waals surface area contributed by atoms with E-state index in [9.17, 15) is 14.0 Å². The van der Waals surface area contributed by atoms with Gasteiger partial charge in [0.2, 0.25) is 5.91 Å². The minimum atomic E-state index is -0.610. The Morgan fingerprint density at radius 2 is 1.77 bits per heavy atom. The third-order valence-electron chi connectivity index (χ3n) is 5.91. The maximum Gasteiger partial charge on any atom is 0.254 e. The van der Waals surface area contributed by atoms with Crippen molar-refractivity contribution in [2.45, 2.75) is 18.4 Å². The summed E-state index contributed by atoms with van der Waals surface area (Å²) >= 11 is 6.14. The van der Waals surface area contributed by atoms with E-state index in [-0.39, 0.29) is 16.8 Å². The standard InChI is InChI=1S/C24H18ClFN2O2/c25-19-13-15(26)9-10-20(19)27-23(29)21-17-7-3-4-8-18(17)24(30)28-12-11-14-5-1-2-6-16(14)22(21)28/h1-10,13,21-22H,11-12H2,(H,27,29)/t21-,22+/m1/s1. The number of benzene rings is 3. The van der Waals surface area contributed by atoms with E-state index in [4.69, 9.17) is 11.6 Å². The second-order valence-corrected chi connectivity index (χ2v) is 7.98. The molecule has 2 aliphatic rings. The molecule has 6 heteroatoms. The number of nitrogens with one attached hydrogen (secondary N) is 1. The third kappa shape index (κ3) is 2.97. The second kappa shape index (κ2) is 7.26. The number of nitrogens with zero attached hydrogens (tertiary/aromatic N) is 1. The Morgan fingerprint density at radius 1 is 1.03 bits per heavy atom. The molecule has 1 N–H and O–H groups in total. The molecule has 3 aromatic rings. The van der Waals surface area contributed by atoms with Crippen LogP contribution < -0.4 is 5.32 Å². The topological polar surface area (TPSA) is 49.4 Å². The van der Waals surface area contributed by atoms with Gasteiger partial charge in [-0.05, 0) is 47.4 Å². The molecule has 2 heterocycles. The summed E-state index contributed by atoms with van der Waals surface area (Å²) < 4.78 is 13.4. The van der Waals surface area contributed by atoms with Crippen molar-refractivity contribution >= 4 is 29.1 Å². The lowest BCUT2D eigenvalue weighted by molar-refractivity contribution is -0.119. The number of carbonyl (C=O) groups excluding carboxylic acids is 2. The zero-order chi connectivity index (χ0) is 20.8. The van der Waals surface area contributed by atoms with E-state index in [1.54, 1.807) is 17.0 Å². The van der Waals surface area contributed by atoms with Crippen molar-refractivity contribution in [3.05, 3.63) is 99.8 Å². The average molecular weight is 421 g/mol. The molecule has 0 bridgehead atoms. The fourth-order valence-corrected chi connectivity index (χ4v) is 4.77. The normalized spacial score (nSPS) is 19.5. The fourth-order valence-electron chi connectivity index (χ4n) is 4.56. The summed E-state index contributed by atoms with van der Waals surface area (Å²) in [5.74, 6) is -1.43. The molecule has 0 aromatic heterocycles. The van der Waals surface area contributed by atoms with Gasteiger partial charge in [-0.25, -0.2) is 4.39 Å². The lowest BCUT2D eigenvalue weighted by Crippen LogP contribution is -2.49. The summed E-state index contributed by atoms with van der Waals surface area (Å²) in [4.78, 5) is 28.5.